The van der Waals surface area contributed by atoms with Crippen LogP contribution in [-0.2, 0) is 14.3 Å². The van der Waals surface area contributed by atoms with E-state index in [-0.39, 0.29) is 29.8 Å². The first-order valence-electron chi connectivity index (χ1n) is 6.27. The number of nitro groups is 1. The van der Waals surface area contributed by atoms with Gasteiger partial charge in [-0.25, -0.2) is 0 Å². The smallest absolute Gasteiger partial charge is 0.324 e. The summed E-state index contributed by atoms with van der Waals surface area (Å²) in [6.07, 6.45) is 2.97. The van der Waals surface area contributed by atoms with Crippen LogP contribution in [0.2, 0.25) is 0 Å². The average molecular weight is 312 g/mol. The highest BCUT2D eigenvalue weighted by Gasteiger charge is 2.10. The van der Waals surface area contributed by atoms with Crippen molar-refractivity contribution in [2.24, 2.45) is 0 Å². The summed E-state index contributed by atoms with van der Waals surface area (Å²) in [7, 11) is 1.57. The Kier molecular flexibility index (Phi) is 6.54. The van der Waals surface area contributed by atoms with E-state index < -0.39 is 4.92 Å². The Labute approximate surface area is 126 Å². The first-order valence-corrected chi connectivity index (χ1v) is 7.08. The topological polar surface area (TPSA) is 89.8 Å². The normalized spacial score (nSPS) is 10.6. The van der Waals surface area contributed by atoms with Crippen molar-refractivity contribution in [3.8, 4) is 0 Å². The van der Waals surface area contributed by atoms with Crippen LogP contribution in [0.1, 0.15) is 18.2 Å². The van der Waals surface area contributed by atoms with Gasteiger partial charge >= 0.3 is 11.0 Å². The van der Waals surface area contributed by atoms with Crippen molar-refractivity contribution in [2.45, 2.75) is 13.3 Å². The van der Waals surface area contributed by atoms with Gasteiger partial charge < -0.3 is 9.64 Å². The molecule has 0 aliphatic heterocycles. The van der Waals surface area contributed by atoms with Gasteiger partial charge in [0.15, 0.2) is 0 Å². The summed E-state index contributed by atoms with van der Waals surface area (Å²) < 4.78 is 4.77. The van der Waals surface area contributed by atoms with Crippen LogP contribution in [0.15, 0.2) is 18.2 Å². The number of esters is 1. The van der Waals surface area contributed by atoms with Crippen molar-refractivity contribution in [2.75, 3.05) is 20.2 Å². The van der Waals surface area contributed by atoms with Gasteiger partial charge in [-0.1, -0.05) is 11.3 Å². The molecule has 7 nitrogen and oxygen atoms in total. The number of ether oxygens (including phenoxy) is 1. The van der Waals surface area contributed by atoms with E-state index in [2.05, 4.69) is 0 Å². The SMILES string of the molecule is CCOC(=O)CCN(C)C(=O)/C=C/c1ccc([N+](=O)[O-])s1. The van der Waals surface area contributed by atoms with Crippen LogP contribution in [0, 0.1) is 10.1 Å². The van der Waals surface area contributed by atoms with Gasteiger partial charge in [0, 0.05) is 30.6 Å². The molecule has 1 rings (SSSR count). The Bertz CT molecular complexity index is 553. The number of hydrogen-bond donors (Lipinski definition) is 0. The van der Waals surface area contributed by atoms with E-state index >= 15 is 0 Å². The Morgan fingerprint density at radius 3 is 2.76 bits per heavy atom. The highest BCUT2D eigenvalue weighted by Crippen LogP contribution is 2.24. The van der Waals surface area contributed by atoms with Crippen molar-refractivity contribution in [3.05, 3.63) is 33.2 Å². The van der Waals surface area contributed by atoms with E-state index in [1.165, 1.54) is 23.1 Å². The molecule has 1 heterocycles. The number of carbonyl (C=O) groups excluding carboxylic acids is 2. The molecule has 0 fully saturated rings. The van der Waals surface area contributed by atoms with Crippen LogP contribution < -0.4 is 0 Å². The quantitative estimate of drug-likeness (QED) is 0.333. The second-order valence-corrected chi connectivity index (χ2v) is 5.18. The third kappa shape index (κ3) is 5.74. The van der Waals surface area contributed by atoms with E-state index in [1.807, 2.05) is 0 Å². The molecule has 1 aromatic heterocycles. The van der Waals surface area contributed by atoms with Gasteiger partial charge in [-0.05, 0) is 19.1 Å². The first-order chi connectivity index (χ1) is 9.93. The van der Waals surface area contributed by atoms with Crippen molar-refractivity contribution in [3.63, 3.8) is 0 Å². The zero-order valence-electron chi connectivity index (χ0n) is 11.8. The maximum atomic E-state index is 11.8. The third-order valence-corrected chi connectivity index (χ3v) is 3.52. The van der Waals surface area contributed by atoms with Gasteiger partial charge in [0.1, 0.15) is 0 Å². The minimum absolute atomic E-state index is 0.0257. The number of nitrogens with zero attached hydrogens (tertiary/aromatic N) is 2. The molecule has 8 heteroatoms. The minimum Gasteiger partial charge on any atom is -0.466 e. The molecule has 0 saturated carbocycles. The number of thiophene rings is 1. The third-order valence-electron chi connectivity index (χ3n) is 2.52. The van der Waals surface area contributed by atoms with Crippen molar-refractivity contribution in [1.29, 1.82) is 0 Å². The number of likely N-dealkylation sites (N-methyl/N-ethyl adjacent to an activating group) is 1. The molecule has 0 aliphatic rings. The van der Waals surface area contributed by atoms with Crippen LogP contribution in [-0.4, -0.2) is 41.9 Å². The average Bonchev–Trinajstić information content (AvgIpc) is 2.91. The Hall–Kier alpha value is -2.22. The Morgan fingerprint density at radius 2 is 2.19 bits per heavy atom. The first kappa shape index (κ1) is 16.8. The van der Waals surface area contributed by atoms with Crippen LogP contribution >= 0.6 is 11.3 Å². The molecule has 0 aliphatic carbocycles. The van der Waals surface area contributed by atoms with E-state index in [0.29, 0.717) is 11.5 Å². The molecule has 1 amide bonds. The molecular weight excluding hydrogens is 296 g/mol. The molecular formula is C13H16N2O5S. The number of rotatable bonds is 7. The monoisotopic (exact) mass is 312 g/mol. The lowest BCUT2D eigenvalue weighted by Gasteiger charge is -2.14. The molecule has 1 aromatic rings. The van der Waals surface area contributed by atoms with Crippen molar-refractivity contribution >= 4 is 34.3 Å². The fraction of sp³-hybridized carbons (Fsp3) is 0.385. The van der Waals surface area contributed by atoms with E-state index in [1.54, 1.807) is 20.0 Å². The van der Waals surface area contributed by atoms with E-state index in [0.717, 1.165) is 11.3 Å². The largest absolute Gasteiger partial charge is 0.466 e. The van der Waals surface area contributed by atoms with Crippen LogP contribution in [0.5, 0.6) is 0 Å². The maximum Gasteiger partial charge on any atom is 0.324 e. The maximum absolute atomic E-state index is 11.8. The standard InChI is InChI=1S/C13H16N2O5S/c1-3-20-13(17)8-9-14(2)11(16)6-4-10-5-7-12(21-10)15(18)19/h4-7H,3,8-9H2,1-2H3/b6-4+. The molecule has 21 heavy (non-hydrogen) atoms. The lowest BCUT2D eigenvalue weighted by atomic mass is 10.3. The molecule has 0 aromatic carbocycles. The summed E-state index contributed by atoms with van der Waals surface area (Å²) in [4.78, 5) is 35.0. The number of hydrogen-bond acceptors (Lipinski definition) is 6. The van der Waals surface area contributed by atoms with Gasteiger partial charge in [-0.3, -0.25) is 19.7 Å². The van der Waals surface area contributed by atoms with Crippen LogP contribution in [0.25, 0.3) is 6.08 Å². The van der Waals surface area contributed by atoms with Gasteiger partial charge in [0.2, 0.25) is 5.91 Å². The van der Waals surface area contributed by atoms with Crippen LogP contribution in [0.3, 0.4) is 0 Å². The number of amides is 1. The molecule has 0 saturated heterocycles. The fourth-order valence-corrected chi connectivity index (χ4v) is 2.14. The molecule has 0 radical (unpaired) electrons. The van der Waals surface area contributed by atoms with Crippen LogP contribution in [0.4, 0.5) is 5.00 Å². The fourth-order valence-electron chi connectivity index (χ4n) is 1.41. The van der Waals surface area contributed by atoms with Gasteiger partial charge in [-0.15, -0.1) is 0 Å². The van der Waals surface area contributed by atoms with Gasteiger partial charge in [-0.2, -0.15) is 0 Å². The van der Waals surface area contributed by atoms with Gasteiger partial charge in [0.25, 0.3) is 0 Å². The van der Waals surface area contributed by atoms with Crippen molar-refractivity contribution in [1.82, 2.24) is 4.90 Å². The minimum atomic E-state index is -0.477. The second kappa shape index (κ2) is 8.15. The summed E-state index contributed by atoms with van der Waals surface area (Å²) in [6.45, 7) is 2.29. The summed E-state index contributed by atoms with van der Waals surface area (Å²) in [6, 6.07) is 2.96. The molecule has 0 unspecified atom stereocenters. The van der Waals surface area contributed by atoms with Gasteiger partial charge in [0.05, 0.1) is 18.0 Å². The highest BCUT2D eigenvalue weighted by atomic mass is 32.1. The molecule has 0 spiro atoms. The molecule has 114 valence electrons. The lowest BCUT2D eigenvalue weighted by Crippen LogP contribution is -2.27. The summed E-state index contributed by atoms with van der Waals surface area (Å²) in [5.41, 5.74) is 0. The predicted octanol–water partition coefficient (Wildman–Crippen LogP) is 2.08. The lowest BCUT2D eigenvalue weighted by molar-refractivity contribution is -0.380. The van der Waals surface area contributed by atoms with E-state index in [4.69, 9.17) is 4.74 Å². The summed E-state index contributed by atoms with van der Waals surface area (Å²) in [5, 5.41) is 10.6. The Balaban J connectivity index is 2.49. The zero-order valence-corrected chi connectivity index (χ0v) is 12.6. The summed E-state index contributed by atoms with van der Waals surface area (Å²) in [5.74, 6) is -0.634. The molecule has 0 bridgehead atoms. The molecule has 0 atom stereocenters. The second-order valence-electron chi connectivity index (χ2n) is 4.08. The molecule has 0 N–H and O–H groups in total. The number of carbonyl (C=O) groups is 2. The predicted molar refractivity (Wildman–Crippen MR) is 78.9 cm³/mol. The van der Waals surface area contributed by atoms with E-state index in [9.17, 15) is 19.7 Å². The Morgan fingerprint density at radius 1 is 1.48 bits per heavy atom. The van der Waals surface area contributed by atoms with Crippen molar-refractivity contribution < 1.29 is 19.2 Å². The zero-order chi connectivity index (χ0) is 15.8. The highest BCUT2D eigenvalue weighted by molar-refractivity contribution is 7.16. The summed E-state index contributed by atoms with van der Waals surface area (Å²) >= 11 is 0.989.